The third kappa shape index (κ3) is 2.50. The number of nitrogen functional groups attached to an aromatic ring is 1. The standard InChI is InChI=1S/C16H18N2O/c1-11-6-7-13(9-15(11)17)18-10-14-8-12-4-2-3-5-16(12)19-14/h2-7,9,14,18H,8,10,17H2,1H3. The van der Waals surface area contributed by atoms with Crippen molar-refractivity contribution in [1.29, 1.82) is 0 Å². The minimum absolute atomic E-state index is 0.194. The molecule has 98 valence electrons. The van der Waals surface area contributed by atoms with Crippen molar-refractivity contribution in [3.63, 3.8) is 0 Å². The van der Waals surface area contributed by atoms with E-state index < -0.39 is 0 Å². The van der Waals surface area contributed by atoms with Gasteiger partial charge in [-0.1, -0.05) is 24.3 Å². The highest BCUT2D eigenvalue weighted by molar-refractivity contribution is 5.58. The molecular weight excluding hydrogens is 236 g/mol. The Morgan fingerprint density at radius 3 is 2.89 bits per heavy atom. The third-order valence-corrected chi connectivity index (χ3v) is 3.53. The summed E-state index contributed by atoms with van der Waals surface area (Å²) in [6.45, 7) is 2.80. The normalized spacial score (nSPS) is 16.8. The van der Waals surface area contributed by atoms with E-state index in [0.717, 1.165) is 35.7 Å². The van der Waals surface area contributed by atoms with Gasteiger partial charge in [0.1, 0.15) is 11.9 Å². The first-order chi connectivity index (χ1) is 9.22. The lowest BCUT2D eigenvalue weighted by Gasteiger charge is -2.13. The van der Waals surface area contributed by atoms with Gasteiger partial charge in [-0.25, -0.2) is 0 Å². The number of ether oxygens (including phenoxy) is 1. The Morgan fingerprint density at radius 2 is 2.11 bits per heavy atom. The molecule has 1 aliphatic heterocycles. The molecule has 0 saturated carbocycles. The lowest BCUT2D eigenvalue weighted by atomic mass is 10.1. The first kappa shape index (κ1) is 11.9. The van der Waals surface area contributed by atoms with Crippen molar-refractivity contribution in [3.8, 4) is 5.75 Å². The topological polar surface area (TPSA) is 47.3 Å². The predicted molar refractivity (Wildman–Crippen MR) is 78.6 cm³/mol. The van der Waals surface area contributed by atoms with Crippen LogP contribution in [0.4, 0.5) is 11.4 Å². The fraction of sp³-hybridized carbons (Fsp3) is 0.250. The maximum atomic E-state index is 5.90. The number of para-hydroxylation sites is 1. The molecule has 1 unspecified atom stereocenters. The first-order valence-electron chi connectivity index (χ1n) is 6.57. The second kappa shape index (κ2) is 4.84. The zero-order chi connectivity index (χ0) is 13.2. The number of anilines is 2. The number of fused-ring (bicyclic) bond motifs is 1. The van der Waals surface area contributed by atoms with E-state index in [9.17, 15) is 0 Å². The fourth-order valence-electron chi connectivity index (χ4n) is 2.35. The van der Waals surface area contributed by atoms with E-state index >= 15 is 0 Å². The summed E-state index contributed by atoms with van der Waals surface area (Å²) in [5.41, 5.74) is 10.2. The number of hydrogen-bond donors (Lipinski definition) is 2. The Labute approximate surface area is 113 Å². The lowest BCUT2D eigenvalue weighted by Crippen LogP contribution is -2.23. The quantitative estimate of drug-likeness (QED) is 0.828. The van der Waals surface area contributed by atoms with Crippen LogP contribution < -0.4 is 15.8 Å². The molecule has 0 saturated heterocycles. The molecule has 2 aromatic rings. The summed E-state index contributed by atoms with van der Waals surface area (Å²) in [6, 6.07) is 14.3. The molecule has 0 aromatic heterocycles. The molecule has 1 aliphatic rings. The molecule has 3 heteroatoms. The van der Waals surface area contributed by atoms with E-state index in [1.54, 1.807) is 0 Å². The van der Waals surface area contributed by atoms with Crippen molar-refractivity contribution in [3.05, 3.63) is 53.6 Å². The summed E-state index contributed by atoms with van der Waals surface area (Å²) in [5.74, 6) is 1.01. The van der Waals surface area contributed by atoms with Crippen molar-refractivity contribution < 1.29 is 4.74 Å². The largest absolute Gasteiger partial charge is 0.488 e. The van der Waals surface area contributed by atoms with Gasteiger partial charge in [-0.2, -0.15) is 0 Å². The third-order valence-electron chi connectivity index (χ3n) is 3.53. The number of benzene rings is 2. The second-order valence-electron chi connectivity index (χ2n) is 5.00. The van der Waals surface area contributed by atoms with Crippen molar-refractivity contribution in [2.45, 2.75) is 19.4 Å². The summed E-state index contributed by atoms with van der Waals surface area (Å²) in [6.07, 6.45) is 1.16. The number of aryl methyl sites for hydroxylation is 1. The van der Waals surface area contributed by atoms with Gasteiger partial charge in [0.15, 0.2) is 0 Å². The van der Waals surface area contributed by atoms with Crippen LogP contribution in [-0.2, 0) is 6.42 Å². The molecule has 0 spiro atoms. The zero-order valence-corrected chi connectivity index (χ0v) is 11.0. The molecule has 2 aromatic carbocycles. The van der Waals surface area contributed by atoms with Gasteiger partial charge in [0.2, 0.25) is 0 Å². The van der Waals surface area contributed by atoms with Gasteiger partial charge in [-0.15, -0.1) is 0 Å². The highest BCUT2D eigenvalue weighted by atomic mass is 16.5. The summed E-state index contributed by atoms with van der Waals surface area (Å²) in [4.78, 5) is 0. The maximum Gasteiger partial charge on any atom is 0.123 e. The van der Waals surface area contributed by atoms with Crippen LogP contribution in [0.3, 0.4) is 0 Å². The molecule has 3 rings (SSSR count). The highest BCUT2D eigenvalue weighted by Crippen LogP contribution is 2.28. The van der Waals surface area contributed by atoms with E-state index in [1.165, 1.54) is 5.56 Å². The fourth-order valence-corrected chi connectivity index (χ4v) is 2.35. The molecule has 19 heavy (non-hydrogen) atoms. The van der Waals surface area contributed by atoms with E-state index in [0.29, 0.717) is 0 Å². The Morgan fingerprint density at radius 1 is 1.26 bits per heavy atom. The summed E-state index contributed by atoms with van der Waals surface area (Å²) in [7, 11) is 0. The van der Waals surface area contributed by atoms with Crippen molar-refractivity contribution in [2.24, 2.45) is 0 Å². The Hall–Kier alpha value is -2.16. The van der Waals surface area contributed by atoms with Crippen molar-refractivity contribution in [1.82, 2.24) is 0 Å². The SMILES string of the molecule is Cc1ccc(NCC2Cc3ccccc3O2)cc1N. The van der Waals surface area contributed by atoms with Crippen LogP contribution in [0.25, 0.3) is 0 Å². The molecule has 3 nitrogen and oxygen atoms in total. The molecule has 0 amide bonds. The smallest absolute Gasteiger partial charge is 0.123 e. The van der Waals surface area contributed by atoms with Gasteiger partial charge in [0.25, 0.3) is 0 Å². The Balaban J connectivity index is 1.61. The highest BCUT2D eigenvalue weighted by Gasteiger charge is 2.21. The van der Waals surface area contributed by atoms with Gasteiger partial charge in [-0.3, -0.25) is 0 Å². The summed E-state index contributed by atoms with van der Waals surface area (Å²) >= 11 is 0. The summed E-state index contributed by atoms with van der Waals surface area (Å²) in [5, 5.41) is 3.38. The van der Waals surface area contributed by atoms with E-state index in [1.807, 2.05) is 37.3 Å². The van der Waals surface area contributed by atoms with Crippen LogP contribution >= 0.6 is 0 Å². The number of rotatable bonds is 3. The predicted octanol–water partition coefficient (Wildman–Crippen LogP) is 2.99. The molecule has 1 atom stereocenters. The number of hydrogen-bond acceptors (Lipinski definition) is 3. The van der Waals surface area contributed by atoms with E-state index in [2.05, 4.69) is 17.4 Å². The second-order valence-corrected chi connectivity index (χ2v) is 5.00. The van der Waals surface area contributed by atoms with Crippen molar-refractivity contribution >= 4 is 11.4 Å². The number of nitrogens with one attached hydrogen (secondary N) is 1. The molecule has 1 heterocycles. The van der Waals surface area contributed by atoms with Gasteiger partial charge in [-0.05, 0) is 36.2 Å². The minimum atomic E-state index is 0.194. The first-order valence-corrected chi connectivity index (χ1v) is 6.57. The average Bonchev–Trinajstić information content (AvgIpc) is 2.83. The molecule has 0 aliphatic carbocycles. The van der Waals surface area contributed by atoms with Gasteiger partial charge in [0.05, 0.1) is 6.54 Å². The van der Waals surface area contributed by atoms with E-state index in [-0.39, 0.29) is 6.10 Å². The molecule has 3 N–H and O–H groups in total. The molecule has 0 radical (unpaired) electrons. The molecular formula is C16H18N2O. The van der Waals surface area contributed by atoms with Crippen molar-refractivity contribution in [2.75, 3.05) is 17.6 Å². The Bertz CT molecular complexity index is 570. The maximum absolute atomic E-state index is 5.90. The van der Waals surface area contributed by atoms with Gasteiger partial charge >= 0.3 is 0 Å². The molecule has 0 bridgehead atoms. The summed E-state index contributed by atoms with van der Waals surface area (Å²) < 4.78 is 5.89. The van der Waals surface area contributed by atoms with Crippen LogP contribution in [0.2, 0.25) is 0 Å². The van der Waals surface area contributed by atoms with Crippen LogP contribution in [-0.4, -0.2) is 12.6 Å². The van der Waals surface area contributed by atoms with E-state index in [4.69, 9.17) is 10.5 Å². The average molecular weight is 254 g/mol. The molecule has 0 fully saturated rings. The number of nitrogens with two attached hydrogens (primary N) is 1. The van der Waals surface area contributed by atoms with Crippen LogP contribution in [0.1, 0.15) is 11.1 Å². The van der Waals surface area contributed by atoms with Gasteiger partial charge in [0, 0.05) is 17.8 Å². The van der Waals surface area contributed by atoms with Crippen LogP contribution in [0.5, 0.6) is 5.75 Å². The monoisotopic (exact) mass is 254 g/mol. The van der Waals surface area contributed by atoms with Crippen LogP contribution in [0, 0.1) is 6.92 Å². The Kier molecular flexibility index (Phi) is 3.03. The zero-order valence-electron chi connectivity index (χ0n) is 11.0. The van der Waals surface area contributed by atoms with Gasteiger partial charge < -0.3 is 15.8 Å². The van der Waals surface area contributed by atoms with Crippen LogP contribution in [0.15, 0.2) is 42.5 Å². The lowest BCUT2D eigenvalue weighted by molar-refractivity contribution is 0.246. The minimum Gasteiger partial charge on any atom is -0.488 e.